The van der Waals surface area contributed by atoms with Gasteiger partial charge < -0.3 is 0 Å². The minimum Gasteiger partial charge on any atom is -0.281 e. The van der Waals surface area contributed by atoms with E-state index in [0.717, 1.165) is 6.42 Å². The van der Waals surface area contributed by atoms with E-state index in [-0.39, 0.29) is 0 Å². The Balaban J connectivity index is 2.12. The molecule has 1 aliphatic heterocycles. The van der Waals surface area contributed by atoms with Crippen molar-refractivity contribution in [2.75, 3.05) is 0 Å². The minimum absolute atomic E-state index is 1.07. The maximum absolute atomic E-state index is 2.27. The van der Waals surface area contributed by atoms with Crippen molar-refractivity contribution in [3.63, 3.8) is 0 Å². The van der Waals surface area contributed by atoms with E-state index in [0.29, 0.717) is 0 Å². The van der Waals surface area contributed by atoms with E-state index < -0.39 is 0 Å². The van der Waals surface area contributed by atoms with Gasteiger partial charge in [0.1, 0.15) is 11.4 Å². The summed E-state index contributed by atoms with van der Waals surface area (Å²) in [7, 11) is 0. The zero-order valence-electron chi connectivity index (χ0n) is 7.90. The van der Waals surface area contributed by atoms with Gasteiger partial charge in [-0.1, -0.05) is 36.4 Å². The number of quaternary nitrogens is 1. The van der Waals surface area contributed by atoms with Gasteiger partial charge in [0.25, 0.3) is 0 Å². The van der Waals surface area contributed by atoms with Gasteiger partial charge in [0.05, 0.1) is 0 Å². The molecule has 68 valence electrons. The summed E-state index contributed by atoms with van der Waals surface area (Å²) in [5, 5.41) is 2.27. The summed E-state index contributed by atoms with van der Waals surface area (Å²) < 4.78 is 0. The summed E-state index contributed by atoms with van der Waals surface area (Å²) in [6.45, 7) is 0. The first-order valence-corrected chi connectivity index (χ1v) is 4.94. The summed E-state index contributed by atoms with van der Waals surface area (Å²) in [5.41, 5.74) is 5.61. The molecule has 0 bridgehead atoms. The van der Waals surface area contributed by atoms with Gasteiger partial charge in [-0.05, 0) is 12.1 Å². The summed E-state index contributed by atoms with van der Waals surface area (Å²) >= 11 is 0. The molecular formula is C13H12N+. The van der Waals surface area contributed by atoms with E-state index in [1.54, 1.807) is 0 Å². The van der Waals surface area contributed by atoms with Crippen LogP contribution in [0.1, 0.15) is 11.1 Å². The monoisotopic (exact) mass is 182 g/mol. The fourth-order valence-corrected chi connectivity index (χ4v) is 2.04. The van der Waals surface area contributed by atoms with Crippen LogP contribution in [0.25, 0.3) is 0 Å². The Morgan fingerprint density at radius 3 is 1.79 bits per heavy atom. The van der Waals surface area contributed by atoms with Crippen molar-refractivity contribution in [3.8, 4) is 0 Å². The van der Waals surface area contributed by atoms with E-state index >= 15 is 0 Å². The van der Waals surface area contributed by atoms with Crippen molar-refractivity contribution in [3.05, 3.63) is 59.7 Å². The Morgan fingerprint density at radius 1 is 0.714 bits per heavy atom. The first kappa shape index (κ1) is 7.77. The predicted octanol–water partition coefficient (Wildman–Crippen LogP) is 2.12. The first-order valence-electron chi connectivity index (χ1n) is 4.94. The lowest BCUT2D eigenvalue weighted by atomic mass is 9.98. The van der Waals surface area contributed by atoms with Gasteiger partial charge in [0, 0.05) is 17.5 Å². The number of rotatable bonds is 0. The first-order chi connectivity index (χ1) is 6.93. The van der Waals surface area contributed by atoms with Gasteiger partial charge in [-0.15, -0.1) is 0 Å². The molecule has 0 saturated carbocycles. The molecule has 2 aromatic rings. The van der Waals surface area contributed by atoms with Crippen molar-refractivity contribution in [1.82, 2.24) is 0 Å². The number of fused-ring (bicyclic) bond motifs is 2. The number of hydrogen-bond acceptors (Lipinski definition) is 0. The van der Waals surface area contributed by atoms with Gasteiger partial charge in [-0.3, -0.25) is 5.32 Å². The average Bonchev–Trinajstić information content (AvgIpc) is 2.26. The second-order valence-electron chi connectivity index (χ2n) is 3.72. The Labute approximate surface area is 83.4 Å². The lowest BCUT2D eigenvalue weighted by molar-refractivity contribution is -0.481. The van der Waals surface area contributed by atoms with Gasteiger partial charge in [0.15, 0.2) is 0 Å². The van der Waals surface area contributed by atoms with Crippen LogP contribution in [-0.4, -0.2) is 0 Å². The molecule has 0 fully saturated rings. The Morgan fingerprint density at radius 2 is 1.21 bits per heavy atom. The van der Waals surface area contributed by atoms with Crippen LogP contribution in [0.4, 0.5) is 11.4 Å². The van der Waals surface area contributed by atoms with Crippen LogP contribution in [0.2, 0.25) is 0 Å². The van der Waals surface area contributed by atoms with Gasteiger partial charge in [0.2, 0.25) is 0 Å². The standard InChI is InChI=1S/C13H11N/c1-3-7-12-10(5-1)9-11-6-2-4-8-13(11)14-12/h1-8,14H,9H2/p+1. The van der Waals surface area contributed by atoms with E-state index in [1.807, 2.05) is 0 Å². The second kappa shape index (κ2) is 2.96. The zero-order valence-corrected chi connectivity index (χ0v) is 7.90. The third-order valence-corrected chi connectivity index (χ3v) is 2.80. The Bertz CT molecular complexity index is 387. The highest BCUT2D eigenvalue weighted by Gasteiger charge is 2.17. The van der Waals surface area contributed by atoms with Crippen molar-refractivity contribution >= 4 is 11.4 Å². The molecule has 1 nitrogen and oxygen atoms in total. The van der Waals surface area contributed by atoms with Crippen molar-refractivity contribution in [2.45, 2.75) is 6.42 Å². The lowest BCUT2D eigenvalue weighted by Crippen LogP contribution is -2.73. The molecule has 0 aliphatic carbocycles. The topological polar surface area (TPSA) is 16.6 Å². The third kappa shape index (κ3) is 1.14. The highest BCUT2D eigenvalue weighted by Crippen LogP contribution is 2.24. The molecular weight excluding hydrogens is 170 g/mol. The fourth-order valence-electron chi connectivity index (χ4n) is 2.04. The van der Waals surface area contributed by atoms with Crippen LogP contribution < -0.4 is 5.32 Å². The molecule has 0 amide bonds. The molecule has 0 radical (unpaired) electrons. The number of hydrogen-bond donors (Lipinski definition) is 1. The SMILES string of the molecule is c1ccc2c(c1)Cc1ccccc1[NH2+]2. The van der Waals surface area contributed by atoms with E-state index in [1.165, 1.54) is 22.5 Å². The smallest absolute Gasteiger partial charge is 0.138 e. The maximum Gasteiger partial charge on any atom is 0.138 e. The molecule has 1 heterocycles. The molecule has 1 heteroatoms. The highest BCUT2D eigenvalue weighted by atomic mass is 14.9. The Kier molecular flexibility index (Phi) is 1.64. The van der Waals surface area contributed by atoms with Crippen molar-refractivity contribution in [2.24, 2.45) is 0 Å². The summed E-state index contributed by atoms with van der Waals surface area (Å²) in [6, 6.07) is 17.2. The van der Waals surface area contributed by atoms with Crippen LogP contribution in [0, 0.1) is 0 Å². The van der Waals surface area contributed by atoms with E-state index in [2.05, 4.69) is 53.8 Å². The number of para-hydroxylation sites is 2. The molecule has 0 spiro atoms. The zero-order chi connectivity index (χ0) is 9.38. The molecule has 0 atom stereocenters. The molecule has 0 saturated heterocycles. The van der Waals surface area contributed by atoms with Gasteiger partial charge in [-0.2, -0.15) is 0 Å². The molecule has 2 N–H and O–H groups in total. The van der Waals surface area contributed by atoms with Crippen LogP contribution in [0.15, 0.2) is 48.5 Å². The summed E-state index contributed by atoms with van der Waals surface area (Å²) in [6.07, 6.45) is 1.07. The second-order valence-corrected chi connectivity index (χ2v) is 3.72. The van der Waals surface area contributed by atoms with Gasteiger partial charge in [-0.25, -0.2) is 0 Å². The Hall–Kier alpha value is -1.60. The number of benzene rings is 2. The lowest BCUT2D eigenvalue weighted by Gasteiger charge is -2.15. The average molecular weight is 182 g/mol. The molecule has 0 unspecified atom stereocenters. The van der Waals surface area contributed by atoms with Gasteiger partial charge >= 0.3 is 0 Å². The summed E-state index contributed by atoms with van der Waals surface area (Å²) in [5.74, 6) is 0. The summed E-state index contributed by atoms with van der Waals surface area (Å²) in [4.78, 5) is 0. The van der Waals surface area contributed by atoms with Crippen LogP contribution in [0.3, 0.4) is 0 Å². The number of nitrogens with two attached hydrogens (primary N) is 1. The maximum atomic E-state index is 2.27. The molecule has 1 aliphatic rings. The fraction of sp³-hybridized carbons (Fsp3) is 0.0769. The van der Waals surface area contributed by atoms with E-state index in [4.69, 9.17) is 0 Å². The van der Waals surface area contributed by atoms with Crippen LogP contribution in [0.5, 0.6) is 0 Å². The highest BCUT2D eigenvalue weighted by molar-refractivity contribution is 5.53. The molecule has 3 rings (SSSR count). The molecule has 14 heavy (non-hydrogen) atoms. The van der Waals surface area contributed by atoms with Crippen LogP contribution in [-0.2, 0) is 6.42 Å². The van der Waals surface area contributed by atoms with Crippen LogP contribution >= 0.6 is 0 Å². The van der Waals surface area contributed by atoms with Crippen molar-refractivity contribution in [1.29, 1.82) is 0 Å². The third-order valence-electron chi connectivity index (χ3n) is 2.80. The van der Waals surface area contributed by atoms with Crippen molar-refractivity contribution < 1.29 is 5.32 Å². The predicted molar refractivity (Wildman–Crippen MR) is 56.9 cm³/mol. The molecule has 2 aromatic carbocycles. The minimum atomic E-state index is 1.07. The van der Waals surface area contributed by atoms with E-state index in [9.17, 15) is 0 Å². The largest absolute Gasteiger partial charge is 0.281 e. The normalized spacial score (nSPS) is 13.1. The molecule has 0 aromatic heterocycles. The quantitative estimate of drug-likeness (QED) is 0.513.